The molecule has 7 aromatic carbocycles. The number of para-hydroxylation sites is 2. The normalized spacial score (nSPS) is 13.6. The molecular formula is C58H51N5O. The molecule has 6 nitrogen and oxygen atoms in total. The van der Waals surface area contributed by atoms with Crippen molar-refractivity contribution in [3.63, 3.8) is 0 Å². The van der Waals surface area contributed by atoms with E-state index in [0.29, 0.717) is 6.67 Å². The standard InChI is InChI=1S/C58H51N5O/c1-57(2,3)41-33-34-59-52(35-41)63-51-37-45(29-30-46(51)47-31-32-50-53(56(47)63)48-27-16-17-28-49(48)62(50)42-23-14-9-15-24-42)64-44-26-18-25-43(36-44)60-38-61(58(4,5)6)55(40-21-12-8-13-22-40)54(60)39-19-10-7-11-20-39/h7-37H,38H2,1-6H3. The maximum Gasteiger partial charge on any atom is 0.137 e. The van der Waals surface area contributed by atoms with Crippen LogP contribution in [0.1, 0.15) is 58.2 Å². The molecule has 0 saturated carbocycles. The summed E-state index contributed by atoms with van der Waals surface area (Å²) in [4.78, 5) is 10.0. The molecule has 0 aliphatic carbocycles. The van der Waals surface area contributed by atoms with Gasteiger partial charge in [-0.2, -0.15) is 0 Å². The lowest BCUT2D eigenvalue weighted by Crippen LogP contribution is -2.41. The quantitative estimate of drug-likeness (QED) is 0.160. The molecule has 4 heterocycles. The van der Waals surface area contributed by atoms with Gasteiger partial charge in [-0.05, 0) is 92.4 Å². The first-order valence-electron chi connectivity index (χ1n) is 22.2. The fourth-order valence-electron chi connectivity index (χ4n) is 9.63. The van der Waals surface area contributed by atoms with Gasteiger partial charge < -0.3 is 19.1 Å². The number of benzene rings is 7. The van der Waals surface area contributed by atoms with Gasteiger partial charge >= 0.3 is 0 Å². The maximum atomic E-state index is 6.92. The van der Waals surface area contributed by atoms with E-state index >= 15 is 0 Å². The number of pyridine rings is 1. The second-order valence-electron chi connectivity index (χ2n) is 18.9. The van der Waals surface area contributed by atoms with Gasteiger partial charge in [-0.1, -0.05) is 130 Å². The highest BCUT2D eigenvalue weighted by atomic mass is 16.5. The van der Waals surface area contributed by atoms with Gasteiger partial charge in [0.25, 0.3) is 0 Å². The third kappa shape index (κ3) is 6.60. The zero-order valence-electron chi connectivity index (χ0n) is 37.2. The second-order valence-corrected chi connectivity index (χ2v) is 18.9. The van der Waals surface area contributed by atoms with Crippen LogP contribution in [-0.2, 0) is 5.41 Å². The molecule has 314 valence electrons. The van der Waals surface area contributed by atoms with Crippen LogP contribution in [0, 0.1) is 0 Å². The van der Waals surface area contributed by atoms with E-state index < -0.39 is 0 Å². The lowest BCUT2D eigenvalue weighted by atomic mass is 9.88. The average molecular weight is 834 g/mol. The summed E-state index contributed by atoms with van der Waals surface area (Å²) in [6.07, 6.45) is 1.95. The number of ether oxygens (including phenoxy) is 1. The van der Waals surface area contributed by atoms with Crippen LogP contribution < -0.4 is 9.64 Å². The van der Waals surface area contributed by atoms with Crippen molar-refractivity contribution in [2.75, 3.05) is 11.6 Å². The van der Waals surface area contributed by atoms with Crippen molar-refractivity contribution >= 4 is 60.7 Å². The van der Waals surface area contributed by atoms with E-state index in [4.69, 9.17) is 9.72 Å². The first-order valence-corrected chi connectivity index (χ1v) is 22.2. The summed E-state index contributed by atoms with van der Waals surface area (Å²) >= 11 is 0. The SMILES string of the molecule is CC(C)(C)c1ccnc(-n2c3cc(Oc4cccc(N5CN(C(C)(C)C)C(c6ccccc6)=C5c5ccccc5)c4)ccc3c3ccc4c(c5ccccc5n4-c4ccccc4)c32)c1. The highest BCUT2D eigenvalue weighted by Gasteiger charge is 2.37. The molecule has 1 aliphatic rings. The number of fused-ring (bicyclic) bond motifs is 7. The van der Waals surface area contributed by atoms with Gasteiger partial charge in [0.15, 0.2) is 0 Å². The Morgan fingerprint density at radius 3 is 1.84 bits per heavy atom. The summed E-state index contributed by atoms with van der Waals surface area (Å²) in [7, 11) is 0. The van der Waals surface area contributed by atoms with Crippen LogP contribution in [0.4, 0.5) is 5.69 Å². The molecule has 0 radical (unpaired) electrons. The molecule has 0 bridgehead atoms. The van der Waals surface area contributed by atoms with Crippen molar-refractivity contribution in [3.8, 4) is 23.0 Å². The third-order valence-electron chi connectivity index (χ3n) is 12.7. The summed E-state index contributed by atoms with van der Waals surface area (Å²) in [5.74, 6) is 2.40. The lowest BCUT2D eigenvalue weighted by molar-refractivity contribution is 0.237. The zero-order valence-corrected chi connectivity index (χ0v) is 37.2. The molecule has 0 spiro atoms. The monoisotopic (exact) mass is 833 g/mol. The van der Waals surface area contributed by atoms with Crippen molar-refractivity contribution in [1.82, 2.24) is 19.0 Å². The van der Waals surface area contributed by atoms with Crippen LogP contribution in [0.5, 0.6) is 11.5 Å². The molecule has 0 N–H and O–H groups in total. The zero-order chi connectivity index (χ0) is 43.7. The van der Waals surface area contributed by atoms with Crippen molar-refractivity contribution < 1.29 is 4.74 Å². The van der Waals surface area contributed by atoms with Crippen molar-refractivity contribution in [1.29, 1.82) is 0 Å². The topological polar surface area (TPSA) is 38.5 Å². The predicted molar refractivity (Wildman–Crippen MR) is 267 cm³/mol. The average Bonchev–Trinajstić information content (AvgIpc) is 3.98. The Kier molecular flexibility index (Phi) is 9.24. The van der Waals surface area contributed by atoms with Gasteiger partial charge in [0.1, 0.15) is 17.3 Å². The number of aromatic nitrogens is 3. The Morgan fingerprint density at radius 1 is 0.484 bits per heavy atom. The molecule has 6 heteroatoms. The lowest BCUT2D eigenvalue weighted by Gasteiger charge is -2.36. The Morgan fingerprint density at radius 2 is 1.12 bits per heavy atom. The number of anilines is 1. The van der Waals surface area contributed by atoms with E-state index in [0.717, 1.165) is 56.1 Å². The van der Waals surface area contributed by atoms with Gasteiger partial charge in [-0.25, -0.2) is 4.98 Å². The van der Waals surface area contributed by atoms with E-state index in [1.54, 1.807) is 0 Å². The smallest absolute Gasteiger partial charge is 0.137 e. The molecular weight excluding hydrogens is 783 g/mol. The summed E-state index contributed by atoms with van der Waals surface area (Å²) in [5.41, 5.74) is 12.4. The minimum absolute atomic E-state index is 0.0644. The van der Waals surface area contributed by atoms with E-state index in [9.17, 15) is 0 Å². The summed E-state index contributed by atoms with van der Waals surface area (Å²) < 4.78 is 11.7. The molecule has 11 rings (SSSR count). The van der Waals surface area contributed by atoms with Gasteiger partial charge in [0.05, 0.1) is 40.1 Å². The van der Waals surface area contributed by atoms with Crippen LogP contribution >= 0.6 is 0 Å². The molecule has 0 unspecified atom stereocenters. The Labute approximate surface area is 374 Å². The highest BCUT2D eigenvalue weighted by Crippen LogP contribution is 2.46. The predicted octanol–water partition coefficient (Wildman–Crippen LogP) is 14.8. The summed E-state index contributed by atoms with van der Waals surface area (Å²) in [5, 5.41) is 4.70. The molecule has 64 heavy (non-hydrogen) atoms. The molecule has 10 aromatic rings. The third-order valence-corrected chi connectivity index (χ3v) is 12.7. The minimum Gasteiger partial charge on any atom is -0.457 e. The molecule has 3 aromatic heterocycles. The molecule has 0 fully saturated rings. The van der Waals surface area contributed by atoms with E-state index in [-0.39, 0.29) is 11.0 Å². The van der Waals surface area contributed by atoms with Crippen molar-refractivity contribution in [2.24, 2.45) is 0 Å². The fraction of sp³-hybridized carbons (Fsp3) is 0.155. The fourth-order valence-corrected chi connectivity index (χ4v) is 9.63. The van der Waals surface area contributed by atoms with Crippen LogP contribution in [0.15, 0.2) is 188 Å². The van der Waals surface area contributed by atoms with Gasteiger partial charge in [-0.3, -0.25) is 4.57 Å². The second kappa shape index (κ2) is 15.1. The van der Waals surface area contributed by atoms with Gasteiger partial charge in [0, 0.05) is 67.9 Å². The number of nitrogens with zero attached hydrogens (tertiary/aromatic N) is 5. The number of hydrogen-bond acceptors (Lipinski definition) is 4. The van der Waals surface area contributed by atoms with Gasteiger partial charge in [0.2, 0.25) is 0 Å². The summed E-state index contributed by atoms with van der Waals surface area (Å²) in [6, 6.07) is 64.9. The Bertz CT molecular complexity index is 3400. The minimum atomic E-state index is -0.134. The number of hydrogen-bond donors (Lipinski definition) is 0. The molecule has 0 atom stereocenters. The Balaban J connectivity index is 1.08. The molecule has 0 amide bonds. The summed E-state index contributed by atoms with van der Waals surface area (Å²) in [6.45, 7) is 14.3. The van der Waals surface area contributed by atoms with Crippen LogP contribution in [0.25, 0.3) is 66.5 Å². The van der Waals surface area contributed by atoms with Crippen LogP contribution in [-0.4, -0.2) is 31.2 Å². The van der Waals surface area contributed by atoms with E-state index in [2.05, 4.69) is 242 Å². The van der Waals surface area contributed by atoms with Crippen LogP contribution in [0.2, 0.25) is 0 Å². The molecule has 1 aliphatic heterocycles. The van der Waals surface area contributed by atoms with Crippen molar-refractivity contribution in [2.45, 2.75) is 52.5 Å². The van der Waals surface area contributed by atoms with Crippen LogP contribution in [0.3, 0.4) is 0 Å². The first-order chi connectivity index (χ1) is 31.0. The van der Waals surface area contributed by atoms with Gasteiger partial charge in [-0.15, -0.1) is 0 Å². The largest absolute Gasteiger partial charge is 0.457 e. The van der Waals surface area contributed by atoms with E-state index in [1.165, 1.54) is 44.2 Å². The highest BCUT2D eigenvalue weighted by molar-refractivity contribution is 6.26. The maximum absolute atomic E-state index is 6.92. The van der Waals surface area contributed by atoms with E-state index in [1.807, 2.05) is 6.20 Å². The molecule has 0 saturated heterocycles. The van der Waals surface area contributed by atoms with Crippen molar-refractivity contribution in [3.05, 3.63) is 205 Å². The first kappa shape index (κ1) is 39.3. The number of rotatable bonds is 7. The Hall–Kier alpha value is -7.57.